The molecule has 0 saturated heterocycles. The molecule has 0 radical (unpaired) electrons. The van der Waals surface area contributed by atoms with Crippen molar-refractivity contribution in [2.45, 2.75) is 157 Å². The van der Waals surface area contributed by atoms with Crippen LogP contribution in [0.1, 0.15) is 152 Å². The third-order valence-electron chi connectivity index (χ3n) is 18.3. The van der Waals surface area contributed by atoms with Gasteiger partial charge in [0.1, 0.15) is 6.10 Å². The van der Waals surface area contributed by atoms with Crippen molar-refractivity contribution in [3.63, 3.8) is 0 Å². The molecule has 9 nitrogen and oxygen atoms in total. The Morgan fingerprint density at radius 3 is 2.14 bits per heavy atom. The molecule has 8 rings (SSSR count). The van der Waals surface area contributed by atoms with Crippen LogP contribution in [0.4, 0.5) is 0 Å². The summed E-state index contributed by atoms with van der Waals surface area (Å²) in [4.78, 5) is 62.6. The van der Waals surface area contributed by atoms with E-state index in [1.165, 1.54) is 5.57 Å². The number of carbonyl (C=O) groups is 4. The number of nitrogens with one attached hydrogen (secondary N) is 1. The van der Waals surface area contributed by atoms with Crippen molar-refractivity contribution in [1.82, 2.24) is 15.3 Å². The van der Waals surface area contributed by atoms with Gasteiger partial charge in [-0.2, -0.15) is 0 Å². The van der Waals surface area contributed by atoms with Gasteiger partial charge in [0, 0.05) is 36.1 Å². The number of esters is 1. The van der Waals surface area contributed by atoms with Gasteiger partial charge in [-0.05, 0) is 122 Å². The van der Waals surface area contributed by atoms with Gasteiger partial charge in [0.25, 0.3) is 0 Å². The lowest BCUT2D eigenvalue weighted by atomic mass is 9.33. The fraction of sp³-hybridized carbons (Fsp3) is 0.783. The standard InChI is InChI=1S/C46H64ClN3O6/c1-25(2)35-30(51)21-45(22-34(52)50-46(18-19-46)39-48-23-26(47)24-49-39)17-16-43(8)27(36(35)45)10-11-32-42(7)14-13-33(41(5,6)31(42)12-15-44(32,43)9)56-38(55)29-20-28(37(53)54)40(29,3)4/h23-25,27-29,31-33H,10-22H2,1-9H3,(H,50,52)(H,53,54)/t27-,28+,29-,31+,32-,33+,42+,43-,44-,45+/m1/s1. The van der Waals surface area contributed by atoms with E-state index in [1.807, 2.05) is 13.8 Å². The maximum absolute atomic E-state index is 14.2. The van der Waals surface area contributed by atoms with Crippen LogP contribution in [0.25, 0.3) is 0 Å². The molecule has 7 aliphatic carbocycles. The van der Waals surface area contributed by atoms with Crippen molar-refractivity contribution in [3.8, 4) is 0 Å². The second-order valence-corrected chi connectivity index (χ2v) is 22.2. The number of hydrogen-bond donors (Lipinski definition) is 2. The lowest BCUT2D eigenvalue weighted by molar-refractivity contribution is -0.236. The number of aromatic nitrogens is 2. The fourth-order valence-electron chi connectivity index (χ4n) is 14.8. The topological polar surface area (TPSA) is 136 Å². The number of allylic oxidation sites excluding steroid dienone is 2. The van der Waals surface area contributed by atoms with Crippen molar-refractivity contribution < 1.29 is 29.0 Å². The number of ether oxygens (including phenoxy) is 1. The zero-order chi connectivity index (χ0) is 40.6. The van der Waals surface area contributed by atoms with Gasteiger partial charge in [-0.15, -0.1) is 0 Å². The highest BCUT2D eigenvalue weighted by molar-refractivity contribution is 6.30. The van der Waals surface area contributed by atoms with Crippen LogP contribution in [0.2, 0.25) is 5.02 Å². The number of carboxylic acids is 1. The molecule has 1 amide bonds. The number of nitrogens with zero attached hydrogens (tertiary/aromatic N) is 2. The lowest BCUT2D eigenvalue weighted by Crippen LogP contribution is -2.66. The minimum absolute atomic E-state index is 0.0184. The number of halogens is 1. The predicted octanol–water partition coefficient (Wildman–Crippen LogP) is 9.26. The van der Waals surface area contributed by atoms with E-state index >= 15 is 0 Å². The van der Waals surface area contributed by atoms with Gasteiger partial charge < -0.3 is 15.2 Å². The highest BCUT2D eigenvalue weighted by Crippen LogP contribution is 2.77. The second kappa shape index (κ2) is 12.8. The van der Waals surface area contributed by atoms with Crippen molar-refractivity contribution in [2.75, 3.05) is 0 Å². The average molecular weight is 790 g/mol. The molecule has 0 unspecified atom stereocenters. The summed E-state index contributed by atoms with van der Waals surface area (Å²) in [6.45, 7) is 20.3. The summed E-state index contributed by atoms with van der Waals surface area (Å²) in [6.07, 6.45) is 13.5. The molecule has 0 aromatic carbocycles. The highest BCUT2D eigenvalue weighted by Gasteiger charge is 2.70. The van der Waals surface area contributed by atoms with Gasteiger partial charge in [0.05, 0.1) is 22.4 Å². The first-order valence-electron chi connectivity index (χ1n) is 21.6. The van der Waals surface area contributed by atoms with E-state index in [0.717, 1.165) is 69.8 Å². The number of ketones is 1. The molecular formula is C46H64ClN3O6. The van der Waals surface area contributed by atoms with Crippen LogP contribution in [0.3, 0.4) is 0 Å². The van der Waals surface area contributed by atoms with Crippen LogP contribution < -0.4 is 5.32 Å². The molecule has 56 heavy (non-hydrogen) atoms. The fourth-order valence-corrected chi connectivity index (χ4v) is 14.9. The number of hydrogen-bond acceptors (Lipinski definition) is 7. The van der Waals surface area contributed by atoms with E-state index in [4.69, 9.17) is 16.3 Å². The first kappa shape index (κ1) is 40.0. The third-order valence-corrected chi connectivity index (χ3v) is 18.5. The van der Waals surface area contributed by atoms with E-state index in [1.54, 1.807) is 12.4 Å². The molecule has 6 fully saturated rings. The average Bonchev–Trinajstić information content (AvgIpc) is 3.80. The quantitative estimate of drug-likeness (QED) is 0.249. The summed E-state index contributed by atoms with van der Waals surface area (Å²) in [6, 6.07) is 0. The van der Waals surface area contributed by atoms with Gasteiger partial charge in [-0.1, -0.05) is 79.5 Å². The maximum Gasteiger partial charge on any atom is 0.309 e. The molecule has 10 heteroatoms. The monoisotopic (exact) mass is 789 g/mol. The van der Waals surface area contributed by atoms with Crippen molar-refractivity contribution in [2.24, 2.45) is 68.0 Å². The van der Waals surface area contributed by atoms with Crippen LogP contribution >= 0.6 is 11.6 Å². The van der Waals surface area contributed by atoms with Gasteiger partial charge in [-0.25, -0.2) is 9.97 Å². The Hall–Kier alpha value is -2.81. The first-order chi connectivity index (χ1) is 26.1. The van der Waals surface area contributed by atoms with Crippen LogP contribution in [0.15, 0.2) is 23.5 Å². The Morgan fingerprint density at radius 1 is 0.857 bits per heavy atom. The molecule has 0 bridgehead atoms. The minimum Gasteiger partial charge on any atom is -0.481 e. The Morgan fingerprint density at radius 2 is 1.54 bits per heavy atom. The van der Waals surface area contributed by atoms with Gasteiger partial charge in [0.15, 0.2) is 11.6 Å². The smallest absolute Gasteiger partial charge is 0.309 e. The number of fused-ring (bicyclic) bond motifs is 7. The Balaban J connectivity index is 1.04. The van der Waals surface area contributed by atoms with Crippen LogP contribution in [0, 0.1) is 68.0 Å². The third kappa shape index (κ3) is 5.57. The number of Topliss-reactive ketones (excluding diaryl/α,β-unsaturated/α-hetero) is 1. The number of carbonyl (C=O) groups excluding carboxylic acids is 3. The number of amides is 1. The maximum atomic E-state index is 14.2. The van der Waals surface area contributed by atoms with E-state index in [9.17, 15) is 24.3 Å². The summed E-state index contributed by atoms with van der Waals surface area (Å²) >= 11 is 6.08. The second-order valence-electron chi connectivity index (χ2n) is 21.8. The molecule has 6 saturated carbocycles. The molecule has 1 heterocycles. The lowest BCUT2D eigenvalue weighted by Gasteiger charge is -2.72. The molecule has 306 valence electrons. The van der Waals surface area contributed by atoms with Crippen molar-refractivity contribution in [3.05, 3.63) is 34.4 Å². The molecule has 0 aliphatic heterocycles. The summed E-state index contributed by atoms with van der Waals surface area (Å²) in [5, 5.41) is 13.5. The summed E-state index contributed by atoms with van der Waals surface area (Å²) < 4.78 is 6.42. The Bertz CT molecular complexity index is 1880. The highest BCUT2D eigenvalue weighted by atomic mass is 35.5. The number of rotatable bonds is 8. The minimum atomic E-state index is -0.834. The predicted molar refractivity (Wildman–Crippen MR) is 213 cm³/mol. The molecule has 7 aliphatic rings. The van der Waals surface area contributed by atoms with Crippen LogP contribution in [-0.4, -0.2) is 44.8 Å². The Labute approximate surface area is 338 Å². The molecule has 1 aromatic rings. The normalized spacial score (nSPS) is 41.4. The Kier molecular flexibility index (Phi) is 9.17. The summed E-state index contributed by atoms with van der Waals surface area (Å²) in [5.41, 5.74) is 0.523. The first-order valence-corrected chi connectivity index (χ1v) is 21.9. The van der Waals surface area contributed by atoms with Gasteiger partial charge >= 0.3 is 11.9 Å². The van der Waals surface area contributed by atoms with E-state index in [-0.39, 0.29) is 63.2 Å². The summed E-state index contributed by atoms with van der Waals surface area (Å²) in [5.74, 6) is 0.0572. The number of aliphatic carboxylic acids is 1. The van der Waals surface area contributed by atoms with Gasteiger partial charge in [0.2, 0.25) is 5.91 Å². The molecule has 0 spiro atoms. The molecule has 2 N–H and O–H groups in total. The van der Waals surface area contributed by atoms with E-state index in [0.29, 0.717) is 41.9 Å². The molecule has 1 aromatic heterocycles. The zero-order valence-electron chi connectivity index (χ0n) is 35.1. The van der Waals surface area contributed by atoms with E-state index in [2.05, 4.69) is 63.8 Å². The van der Waals surface area contributed by atoms with Gasteiger partial charge in [-0.3, -0.25) is 19.2 Å². The van der Waals surface area contributed by atoms with Crippen molar-refractivity contribution >= 4 is 35.2 Å². The molecule has 10 atom stereocenters. The number of carboxylic acid groups (broad SMARTS) is 1. The van der Waals surface area contributed by atoms with Crippen LogP contribution in [0.5, 0.6) is 0 Å². The van der Waals surface area contributed by atoms with Crippen molar-refractivity contribution in [1.29, 1.82) is 0 Å². The summed E-state index contributed by atoms with van der Waals surface area (Å²) in [7, 11) is 0. The molecular weight excluding hydrogens is 726 g/mol. The largest absolute Gasteiger partial charge is 0.481 e. The zero-order valence-corrected chi connectivity index (χ0v) is 35.9. The van der Waals surface area contributed by atoms with Crippen LogP contribution in [-0.2, 0) is 29.5 Å². The van der Waals surface area contributed by atoms with E-state index < -0.39 is 28.3 Å². The SMILES string of the molecule is CC(C)C1=C2[C@H]3CC[C@@H]4[C@@]5(C)CC[C@H](OC(=O)[C@H]6C[C@@H](C(=O)O)C6(C)C)C(C)(C)[C@@H]5CC[C@@]4(C)[C@]3(C)CC[C@@]2(CC(=O)NC2(c3ncc(Cl)cn3)CC2)CC1=O.